The van der Waals surface area contributed by atoms with E-state index in [9.17, 15) is 4.79 Å². The van der Waals surface area contributed by atoms with Gasteiger partial charge in [0.25, 0.3) is 0 Å². The van der Waals surface area contributed by atoms with Crippen molar-refractivity contribution >= 4 is 11.9 Å². The Morgan fingerprint density at radius 1 is 1.30 bits per heavy atom. The summed E-state index contributed by atoms with van der Waals surface area (Å²) in [6.07, 6.45) is 1.75. The molecule has 0 fully saturated rings. The molecule has 126 valence electrons. The first kappa shape index (κ1) is 18.5. The third kappa shape index (κ3) is 7.35. The molecule has 1 aromatic carbocycles. The fraction of sp³-hybridized carbons (Fsp3) is 0.412. The standard InChI is InChI=1S/C17H26N4O2/c1-5-11-18-17(19-14-16(22)20(2)3)21(4)12-13-23-15-9-7-6-8-10-15/h5-10H,1,11-14H2,2-4H3,(H,18,19). The monoisotopic (exact) mass is 318 g/mol. The lowest BCUT2D eigenvalue weighted by atomic mass is 10.3. The molecule has 0 aromatic heterocycles. The Kier molecular flexibility index (Phi) is 8.28. The summed E-state index contributed by atoms with van der Waals surface area (Å²) in [5, 5.41) is 3.14. The number of carbonyl (C=O) groups excluding carboxylic acids is 1. The van der Waals surface area contributed by atoms with Gasteiger partial charge in [-0.1, -0.05) is 24.3 Å². The third-order valence-electron chi connectivity index (χ3n) is 3.07. The quantitative estimate of drug-likeness (QED) is 0.445. The van der Waals surface area contributed by atoms with Crippen molar-refractivity contribution in [3.63, 3.8) is 0 Å². The van der Waals surface area contributed by atoms with E-state index in [2.05, 4.69) is 16.9 Å². The van der Waals surface area contributed by atoms with Gasteiger partial charge < -0.3 is 19.9 Å². The van der Waals surface area contributed by atoms with Crippen LogP contribution in [0.4, 0.5) is 0 Å². The van der Waals surface area contributed by atoms with Gasteiger partial charge in [-0.05, 0) is 12.1 Å². The van der Waals surface area contributed by atoms with Gasteiger partial charge in [-0.2, -0.15) is 0 Å². The number of benzene rings is 1. The van der Waals surface area contributed by atoms with E-state index < -0.39 is 0 Å². The van der Waals surface area contributed by atoms with Crippen molar-refractivity contribution in [1.29, 1.82) is 0 Å². The predicted octanol–water partition coefficient (Wildman–Crippen LogP) is 1.22. The largest absolute Gasteiger partial charge is 0.492 e. The second kappa shape index (κ2) is 10.3. The van der Waals surface area contributed by atoms with Crippen molar-refractivity contribution in [2.24, 2.45) is 4.99 Å². The molecule has 0 heterocycles. The highest BCUT2D eigenvalue weighted by Crippen LogP contribution is 2.07. The summed E-state index contributed by atoms with van der Waals surface area (Å²) < 4.78 is 5.68. The molecule has 0 spiro atoms. The highest BCUT2D eigenvalue weighted by Gasteiger charge is 2.08. The molecule has 1 N–H and O–H groups in total. The maximum atomic E-state index is 11.7. The minimum atomic E-state index is -0.0446. The number of ether oxygens (including phenoxy) is 1. The Bertz CT molecular complexity index is 515. The minimum Gasteiger partial charge on any atom is -0.492 e. The van der Waals surface area contributed by atoms with Crippen molar-refractivity contribution in [2.75, 3.05) is 47.4 Å². The molecule has 0 unspecified atom stereocenters. The Balaban J connectivity index is 2.53. The van der Waals surface area contributed by atoms with Crippen LogP contribution >= 0.6 is 0 Å². The van der Waals surface area contributed by atoms with Crippen LogP contribution in [0.1, 0.15) is 0 Å². The van der Waals surface area contributed by atoms with Crippen LogP contribution in [-0.2, 0) is 4.79 Å². The number of hydrogen-bond donors (Lipinski definition) is 1. The Morgan fingerprint density at radius 3 is 2.61 bits per heavy atom. The number of amides is 1. The van der Waals surface area contributed by atoms with Gasteiger partial charge in [0.05, 0.1) is 6.54 Å². The van der Waals surface area contributed by atoms with Crippen LogP contribution in [0.2, 0.25) is 0 Å². The maximum Gasteiger partial charge on any atom is 0.243 e. The molecule has 6 nitrogen and oxygen atoms in total. The number of rotatable bonds is 8. The molecule has 6 heteroatoms. The fourth-order valence-corrected chi connectivity index (χ4v) is 1.68. The van der Waals surface area contributed by atoms with Crippen LogP contribution < -0.4 is 10.1 Å². The van der Waals surface area contributed by atoms with Crippen molar-refractivity contribution in [3.8, 4) is 5.75 Å². The molecular formula is C17H26N4O2. The molecular weight excluding hydrogens is 292 g/mol. The van der Waals surface area contributed by atoms with Crippen LogP contribution in [-0.4, -0.2) is 69.1 Å². The molecule has 0 bridgehead atoms. The van der Waals surface area contributed by atoms with E-state index in [-0.39, 0.29) is 12.5 Å². The predicted molar refractivity (Wildman–Crippen MR) is 93.8 cm³/mol. The molecule has 23 heavy (non-hydrogen) atoms. The molecule has 0 radical (unpaired) electrons. The van der Waals surface area contributed by atoms with Gasteiger partial charge in [0.15, 0.2) is 5.96 Å². The van der Waals surface area contributed by atoms with Crippen LogP contribution in [0.25, 0.3) is 0 Å². The van der Waals surface area contributed by atoms with E-state index in [1.807, 2.05) is 42.3 Å². The van der Waals surface area contributed by atoms with Crippen LogP contribution in [0.3, 0.4) is 0 Å². The normalized spacial score (nSPS) is 10.8. The molecule has 1 aromatic rings. The number of nitrogens with zero attached hydrogens (tertiary/aromatic N) is 3. The molecule has 0 saturated carbocycles. The smallest absolute Gasteiger partial charge is 0.243 e. The summed E-state index contributed by atoms with van der Waals surface area (Å²) in [7, 11) is 5.33. The van der Waals surface area contributed by atoms with E-state index in [1.54, 1.807) is 20.2 Å². The van der Waals surface area contributed by atoms with Gasteiger partial charge >= 0.3 is 0 Å². The lowest BCUT2D eigenvalue weighted by molar-refractivity contribution is -0.127. The highest BCUT2D eigenvalue weighted by molar-refractivity contribution is 5.84. The number of nitrogens with one attached hydrogen (secondary N) is 1. The number of para-hydroxylation sites is 1. The molecule has 0 saturated heterocycles. The highest BCUT2D eigenvalue weighted by atomic mass is 16.5. The van der Waals surface area contributed by atoms with Crippen LogP contribution in [0, 0.1) is 0 Å². The molecule has 0 aliphatic heterocycles. The molecule has 1 rings (SSSR count). The average molecular weight is 318 g/mol. The summed E-state index contributed by atoms with van der Waals surface area (Å²) in [6.45, 7) is 5.54. The number of carbonyl (C=O) groups is 1. The molecule has 0 atom stereocenters. The average Bonchev–Trinajstić information content (AvgIpc) is 2.55. The van der Waals surface area contributed by atoms with Crippen molar-refractivity contribution < 1.29 is 9.53 Å². The van der Waals surface area contributed by atoms with Gasteiger partial charge in [0.2, 0.25) is 5.91 Å². The summed E-state index contributed by atoms with van der Waals surface area (Å²) in [5.41, 5.74) is 0. The van der Waals surface area contributed by atoms with E-state index >= 15 is 0 Å². The minimum absolute atomic E-state index is 0.0446. The van der Waals surface area contributed by atoms with Crippen molar-refractivity contribution in [1.82, 2.24) is 15.1 Å². The topological polar surface area (TPSA) is 57.2 Å². The number of hydrogen-bond acceptors (Lipinski definition) is 3. The Morgan fingerprint density at radius 2 is 2.00 bits per heavy atom. The maximum absolute atomic E-state index is 11.7. The zero-order valence-corrected chi connectivity index (χ0v) is 14.2. The summed E-state index contributed by atoms with van der Waals surface area (Å²) in [5.74, 6) is 1.44. The first-order valence-corrected chi connectivity index (χ1v) is 7.53. The van der Waals surface area contributed by atoms with Gasteiger partial charge in [-0.3, -0.25) is 4.79 Å². The number of aliphatic imine (C=N–C) groups is 1. The number of likely N-dealkylation sites (N-methyl/N-ethyl adjacent to an activating group) is 2. The Labute approximate surface area is 138 Å². The molecule has 0 aliphatic carbocycles. The summed E-state index contributed by atoms with van der Waals surface area (Å²) >= 11 is 0. The van der Waals surface area contributed by atoms with Crippen molar-refractivity contribution in [3.05, 3.63) is 43.0 Å². The van der Waals surface area contributed by atoms with E-state index in [0.29, 0.717) is 25.7 Å². The third-order valence-corrected chi connectivity index (χ3v) is 3.07. The van der Waals surface area contributed by atoms with E-state index in [1.165, 1.54) is 4.90 Å². The van der Waals surface area contributed by atoms with Gasteiger partial charge in [0, 0.05) is 27.7 Å². The SMILES string of the molecule is C=CCNC(=NCC(=O)N(C)C)N(C)CCOc1ccccc1. The molecule has 0 aliphatic rings. The van der Waals surface area contributed by atoms with Gasteiger partial charge in [-0.25, -0.2) is 4.99 Å². The van der Waals surface area contributed by atoms with Gasteiger partial charge in [-0.15, -0.1) is 6.58 Å². The first-order chi connectivity index (χ1) is 11.0. The summed E-state index contributed by atoms with van der Waals surface area (Å²) in [4.78, 5) is 19.5. The van der Waals surface area contributed by atoms with Crippen LogP contribution in [0.5, 0.6) is 5.75 Å². The first-order valence-electron chi connectivity index (χ1n) is 7.53. The van der Waals surface area contributed by atoms with Crippen LogP contribution in [0.15, 0.2) is 48.0 Å². The second-order valence-electron chi connectivity index (χ2n) is 5.18. The van der Waals surface area contributed by atoms with Gasteiger partial charge in [0.1, 0.15) is 18.9 Å². The fourth-order valence-electron chi connectivity index (χ4n) is 1.68. The van der Waals surface area contributed by atoms with E-state index in [4.69, 9.17) is 4.74 Å². The Hall–Kier alpha value is -2.50. The summed E-state index contributed by atoms with van der Waals surface area (Å²) in [6, 6.07) is 9.65. The lowest BCUT2D eigenvalue weighted by Gasteiger charge is -2.22. The zero-order valence-electron chi connectivity index (χ0n) is 14.2. The molecule has 1 amide bonds. The lowest BCUT2D eigenvalue weighted by Crippen LogP contribution is -2.41. The van der Waals surface area contributed by atoms with E-state index in [0.717, 1.165) is 5.75 Å². The zero-order chi connectivity index (χ0) is 17.1. The number of guanidine groups is 1. The second-order valence-corrected chi connectivity index (χ2v) is 5.18. The van der Waals surface area contributed by atoms with Crippen molar-refractivity contribution in [2.45, 2.75) is 0 Å².